The van der Waals surface area contributed by atoms with Crippen molar-refractivity contribution in [1.29, 1.82) is 0 Å². The first-order chi connectivity index (χ1) is 7.71. The van der Waals surface area contributed by atoms with Crippen LogP contribution in [0.1, 0.15) is 31.1 Å². The van der Waals surface area contributed by atoms with Crippen LogP contribution in [-0.4, -0.2) is 21.4 Å². The van der Waals surface area contributed by atoms with Crippen LogP contribution in [0.2, 0.25) is 0 Å². The lowest BCUT2D eigenvalue weighted by molar-refractivity contribution is -0.126. The quantitative estimate of drug-likeness (QED) is 0.855. The van der Waals surface area contributed by atoms with Crippen molar-refractivity contribution in [2.75, 3.05) is 0 Å². The number of hydrogen-bond donors (Lipinski definition) is 1. The van der Waals surface area contributed by atoms with Gasteiger partial charge in [-0.25, -0.2) is 4.79 Å². The molecule has 0 aromatic carbocycles. The third kappa shape index (κ3) is 3.27. The van der Waals surface area contributed by atoms with E-state index in [4.69, 9.17) is 5.11 Å². The first-order valence-corrected chi connectivity index (χ1v) is 5.19. The van der Waals surface area contributed by atoms with Gasteiger partial charge in [0.15, 0.2) is 5.78 Å². The summed E-state index contributed by atoms with van der Waals surface area (Å²) in [6.07, 6.45) is 1.19. The predicted octanol–water partition coefficient (Wildman–Crippen LogP) is 1.16. The Kier molecular flexibility index (Phi) is 3.50. The number of rotatable bonds is 3. The highest BCUT2D eigenvalue weighted by Crippen LogP contribution is 2.15. The zero-order valence-corrected chi connectivity index (χ0v) is 10.1. The van der Waals surface area contributed by atoms with Crippen molar-refractivity contribution in [3.05, 3.63) is 34.2 Å². The van der Waals surface area contributed by atoms with Gasteiger partial charge in [0.1, 0.15) is 0 Å². The van der Waals surface area contributed by atoms with E-state index in [1.165, 1.54) is 12.3 Å². The van der Waals surface area contributed by atoms with Crippen LogP contribution in [-0.2, 0) is 11.3 Å². The number of aromatic carboxylic acids is 1. The Morgan fingerprint density at radius 1 is 1.29 bits per heavy atom. The van der Waals surface area contributed by atoms with Crippen molar-refractivity contribution in [2.45, 2.75) is 27.3 Å². The van der Waals surface area contributed by atoms with Crippen LogP contribution in [0.3, 0.4) is 0 Å². The van der Waals surface area contributed by atoms with Crippen molar-refractivity contribution >= 4 is 11.8 Å². The van der Waals surface area contributed by atoms with Crippen molar-refractivity contribution in [2.24, 2.45) is 5.41 Å². The van der Waals surface area contributed by atoms with E-state index in [1.807, 2.05) is 0 Å². The lowest BCUT2D eigenvalue weighted by Gasteiger charge is -2.17. The summed E-state index contributed by atoms with van der Waals surface area (Å²) in [5.41, 5.74) is -0.947. The van der Waals surface area contributed by atoms with Crippen LogP contribution in [0.5, 0.6) is 0 Å². The first-order valence-electron chi connectivity index (χ1n) is 5.19. The van der Waals surface area contributed by atoms with Gasteiger partial charge < -0.3 is 9.67 Å². The van der Waals surface area contributed by atoms with Crippen LogP contribution >= 0.6 is 0 Å². The molecule has 92 valence electrons. The van der Waals surface area contributed by atoms with Crippen LogP contribution in [0, 0.1) is 5.41 Å². The highest BCUT2D eigenvalue weighted by atomic mass is 16.4. The van der Waals surface area contributed by atoms with Gasteiger partial charge in [-0.15, -0.1) is 0 Å². The molecular weight excluding hydrogens is 222 g/mol. The normalized spacial score (nSPS) is 11.2. The summed E-state index contributed by atoms with van der Waals surface area (Å²) < 4.78 is 1.12. The summed E-state index contributed by atoms with van der Waals surface area (Å²) in [7, 11) is 0. The maximum atomic E-state index is 11.8. The van der Waals surface area contributed by atoms with E-state index >= 15 is 0 Å². The number of carbonyl (C=O) groups is 2. The van der Waals surface area contributed by atoms with Gasteiger partial charge in [-0.1, -0.05) is 20.8 Å². The molecule has 0 aliphatic rings. The van der Waals surface area contributed by atoms with Crippen LogP contribution in [0.4, 0.5) is 0 Å². The van der Waals surface area contributed by atoms with Crippen LogP contribution < -0.4 is 5.56 Å². The average Bonchev–Trinajstić information content (AvgIpc) is 2.19. The summed E-state index contributed by atoms with van der Waals surface area (Å²) >= 11 is 0. The Labute approximate surface area is 98.7 Å². The highest BCUT2D eigenvalue weighted by molar-refractivity contribution is 5.87. The monoisotopic (exact) mass is 237 g/mol. The summed E-state index contributed by atoms with van der Waals surface area (Å²) in [4.78, 5) is 34.0. The number of ketones is 1. The molecule has 0 fully saturated rings. The van der Waals surface area contributed by atoms with E-state index < -0.39 is 11.4 Å². The average molecular weight is 237 g/mol. The molecule has 5 nitrogen and oxygen atoms in total. The van der Waals surface area contributed by atoms with Gasteiger partial charge in [-0.2, -0.15) is 0 Å². The minimum atomic E-state index is -1.12. The standard InChI is InChI=1S/C12H15NO4/c1-12(2,3)9(14)7-13-6-8(11(16)17)4-5-10(13)15/h4-6H,7H2,1-3H3,(H,16,17). The van der Waals surface area contributed by atoms with Gasteiger partial charge in [0.05, 0.1) is 12.1 Å². The number of carboxylic acid groups (broad SMARTS) is 1. The van der Waals surface area contributed by atoms with Gasteiger partial charge in [-0.05, 0) is 6.07 Å². The van der Waals surface area contributed by atoms with E-state index in [1.54, 1.807) is 20.8 Å². The maximum Gasteiger partial charge on any atom is 0.337 e. The van der Waals surface area contributed by atoms with E-state index in [0.717, 1.165) is 10.6 Å². The molecule has 0 bridgehead atoms. The van der Waals surface area contributed by atoms with E-state index in [-0.39, 0.29) is 23.5 Å². The smallest absolute Gasteiger partial charge is 0.337 e. The number of Topliss-reactive ketones (excluding diaryl/α,β-unsaturated/α-hetero) is 1. The Balaban J connectivity index is 3.07. The lowest BCUT2D eigenvalue weighted by Crippen LogP contribution is -2.30. The second-order valence-electron chi connectivity index (χ2n) is 4.86. The third-order valence-corrected chi connectivity index (χ3v) is 2.38. The van der Waals surface area contributed by atoms with Gasteiger partial charge in [0.2, 0.25) is 0 Å². The van der Waals surface area contributed by atoms with Crippen molar-refractivity contribution < 1.29 is 14.7 Å². The summed E-state index contributed by atoms with van der Waals surface area (Å²) in [6, 6.07) is 2.38. The van der Waals surface area contributed by atoms with Crippen LogP contribution in [0.25, 0.3) is 0 Å². The lowest BCUT2D eigenvalue weighted by atomic mass is 9.91. The van der Waals surface area contributed by atoms with Gasteiger partial charge in [-0.3, -0.25) is 9.59 Å². The van der Waals surface area contributed by atoms with Crippen molar-refractivity contribution in [1.82, 2.24) is 4.57 Å². The number of carbonyl (C=O) groups excluding carboxylic acids is 1. The molecule has 0 radical (unpaired) electrons. The van der Waals surface area contributed by atoms with Gasteiger partial charge >= 0.3 is 5.97 Å². The summed E-state index contributed by atoms with van der Waals surface area (Å²) in [6.45, 7) is 5.15. The zero-order chi connectivity index (χ0) is 13.2. The molecule has 5 heteroatoms. The molecule has 0 saturated heterocycles. The number of pyridine rings is 1. The van der Waals surface area contributed by atoms with E-state index in [2.05, 4.69) is 0 Å². The molecule has 0 saturated carbocycles. The largest absolute Gasteiger partial charge is 0.478 e. The summed E-state index contributed by atoms with van der Waals surface area (Å²) in [5, 5.41) is 8.79. The molecule has 1 heterocycles. The number of aromatic nitrogens is 1. The molecule has 1 N–H and O–H groups in total. The Morgan fingerprint density at radius 2 is 1.88 bits per heavy atom. The molecule has 0 aliphatic carbocycles. The second-order valence-corrected chi connectivity index (χ2v) is 4.86. The molecule has 0 atom stereocenters. The van der Waals surface area contributed by atoms with Crippen LogP contribution in [0.15, 0.2) is 23.1 Å². The molecule has 1 aromatic rings. The minimum Gasteiger partial charge on any atom is -0.478 e. The SMILES string of the molecule is CC(C)(C)C(=O)Cn1cc(C(=O)O)ccc1=O. The van der Waals surface area contributed by atoms with Gasteiger partial charge in [0.25, 0.3) is 5.56 Å². The number of carboxylic acids is 1. The minimum absolute atomic E-state index is 0.00805. The zero-order valence-electron chi connectivity index (χ0n) is 10.1. The first kappa shape index (κ1) is 13.2. The third-order valence-electron chi connectivity index (χ3n) is 2.38. The van der Waals surface area contributed by atoms with E-state index in [9.17, 15) is 14.4 Å². The van der Waals surface area contributed by atoms with E-state index in [0.29, 0.717) is 0 Å². The second kappa shape index (κ2) is 4.53. The molecule has 17 heavy (non-hydrogen) atoms. The van der Waals surface area contributed by atoms with Crippen molar-refractivity contribution in [3.8, 4) is 0 Å². The highest BCUT2D eigenvalue weighted by Gasteiger charge is 2.21. The van der Waals surface area contributed by atoms with Gasteiger partial charge in [0, 0.05) is 17.7 Å². The molecule has 0 amide bonds. The molecule has 0 unspecified atom stereocenters. The summed E-state index contributed by atoms with van der Waals surface area (Å²) in [5.74, 6) is -1.25. The Morgan fingerprint density at radius 3 is 2.35 bits per heavy atom. The Bertz CT molecular complexity index is 508. The molecule has 0 aliphatic heterocycles. The maximum absolute atomic E-state index is 11.8. The molecule has 1 rings (SSSR count). The number of hydrogen-bond acceptors (Lipinski definition) is 3. The Hall–Kier alpha value is -1.91. The molecular formula is C12H15NO4. The molecule has 1 aromatic heterocycles. The fraction of sp³-hybridized carbons (Fsp3) is 0.417. The fourth-order valence-electron chi connectivity index (χ4n) is 1.17. The number of nitrogens with zero attached hydrogens (tertiary/aromatic N) is 1. The predicted molar refractivity (Wildman–Crippen MR) is 62.1 cm³/mol. The van der Waals surface area contributed by atoms with Crippen molar-refractivity contribution in [3.63, 3.8) is 0 Å². The topological polar surface area (TPSA) is 76.4 Å². The fourth-order valence-corrected chi connectivity index (χ4v) is 1.17. The molecule has 0 spiro atoms.